The summed E-state index contributed by atoms with van der Waals surface area (Å²) in [4.78, 5) is 24.0. The number of carbonyl (C=O) groups excluding carboxylic acids is 1. The first kappa shape index (κ1) is 15.4. The van der Waals surface area contributed by atoms with E-state index in [1.165, 1.54) is 22.6 Å². The molecule has 0 aromatic carbocycles. The molecule has 1 aromatic heterocycles. The van der Waals surface area contributed by atoms with Gasteiger partial charge in [-0.3, -0.25) is 0 Å². The molecule has 0 aliphatic heterocycles. The Kier molecular flexibility index (Phi) is 4.49. The Morgan fingerprint density at radius 3 is 2.53 bits per heavy atom. The van der Waals surface area contributed by atoms with Crippen LogP contribution in [0.3, 0.4) is 0 Å². The molecule has 0 saturated carbocycles. The van der Waals surface area contributed by atoms with Crippen LogP contribution >= 0.6 is 22.6 Å². The van der Waals surface area contributed by atoms with Crippen molar-refractivity contribution in [3.05, 3.63) is 25.4 Å². The minimum absolute atomic E-state index is 0.175. The quantitative estimate of drug-likeness (QED) is 0.258. The molecule has 1 aromatic rings. The van der Waals surface area contributed by atoms with Gasteiger partial charge in [0.2, 0.25) is 9.45 Å². The zero-order chi connectivity index (χ0) is 14.8. The topological polar surface area (TPSA) is 91.6 Å². The van der Waals surface area contributed by atoms with Crippen molar-refractivity contribution in [1.29, 1.82) is 0 Å². The lowest BCUT2D eigenvalue weighted by molar-refractivity contribution is -0.393. The predicted molar refractivity (Wildman–Crippen MR) is 61.6 cm³/mol. The van der Waals surface area contributed by atoms with Gasteiger partial charge in [-0.15, -0.1) is 13.2 Å². The van der Waals surface area contributed by atoms with Crippen molar-refractivity contribution in [1.82, 2.24) is 4.98 Å². The fourth-order valence-electron chi connectivity index (χ4n) is 1.05. The molecule has 0 unspecified atom stereocenters. The van der Waals surface area contributed by atoms with E-state index in [-0.39, 0.29) is 9.26 Å². The van der Waals surface area contributed by atoms with Crippen LogP contribution in [0.2, 0.25) is 0 Å². The molecule has 0 N–H and O–H groups in total. The van der Waals surface area contributed by atoms with Gasteiger partial charge in [-0.2, -0.15) is 0 Å². The summed E-state index contributed by atoms with van der Waals surface area (Å²) in [5.41, 5.74) is -0.368. The van der Waals surface area contributed by atoms with Crippen LogP contribution in [0.15, 0.2) is 6.07 Å². The molecule has 1 heterocycles. The summed E-state index contributed by atoms with van der Waals surface area (Å²) in [5.74, 6) is -3.31. The van der Waals surface area contributed by atoms with Crippen LogP contribution < -0.4 is 4.74 Å². The average molecular weight is 392 g/mol. The van der Waals surface area contributed by atoms with Crippen LogP contribution in [0.25, 0.3) is 0 Å². The Hall–Kier alpha value is -1.66. The van der Waals surface area contributed by atoms with Crippen molar-refractivity contribution in [2.75, 3.05) is 7.11 Å². The molecule has 19 heavy (non-hydrogen) atoms. The van der Waals surface area contributed by atoms with Crippen LogP contribution in [0.4, 0.5) is 19.0 Å². The van der Waals surface area contributed by atoms with Crippen LogP contribution in [-0.2, 0) is 4.74 Å². The number of carbonyl (C=O) groups is 1. The first-order chi connectivity index (χ1) is 8.65. The van der Waals surface area contributed by atoms with Gasteiger partial charge < -0.3 is 19.6 Å². The number of alkyl halides is 3. The van der Waals surface area contributed by atoms with Crippen LogP contribution in [0.5, 0.6) is 5.75 Å². The van der Waals surface area contributed by atoms with Crippen LogP contribution in [-0.4, -0.2) is 29.3 Å². The number of hydrogen-bond acceptors (Lipinski definition) is 6. The number of rotatable bonds is 3. The highest BCUT2D eigenvalue weighted by Gasteiger charge is 2.36. The van der Waals surface area contributed by atoms with Crippen molar-refractivity contribution < 1.29 is 32.4 Å². The zero-order valence-corrected chi connectivity index (χ0v) is 11.2. The van der Waals surface area contributed by atoms with Gasteiger partial charge in [0.1, 0.15) is 5.56 Å². The fourth-order valence-corrected chi connectivity index (χ4v) is 1.65. The molecule has 0 amide bonds. The fraction of sp³-hybridized carbons (Fsp3) is 0.250. The van der Waals surface area contributed by atoms with Crippen molar-refractivity contribution in [3.8, 4) is 5.75 Å². The molecule has 0 aliphatic rings. The third-order valence-electron chi connectivity index (χ3n) is 1.73. The third-order valence-corrected chi connectivity index (χ3v) is 2.55. The summed E-state index contributed by atoms with van der Waals surface area (Å²) in [6.45, 7) is 0. The predicted octanol–water partition coefficient (Wildman–Crippen LogP) is 2.28. The van der Waals surface area contributed by atoms with E-state index in [1.807, 2.05) is 0 Å². The van der Waals surface area contributed by atoms with Gasteiger partial charge >= 0.3 is 18.1 Å². The molecule has 0 radical (unpaired) electrons. The van der Waals surface area contributed by atoms with E-state index in [4.69, 9.17) is 0 Å². The highest BCUT2D eigenvalue weighted by atomic mass is 127. The lowest BCUT2D eigenvalue weighted by atomic mass is 10.2. The van der Waals surface area contributed by atoms with Gasteiger partial charge in [-0.05, 0) is 9.91 Å². The van der Waals surface area contributed by atoms with Gasteiger partial charge in [0.15, 0.2) is 0 Å². The van der Waals surface area contributed by atoms with Crippen molar-refractivity contribution in [2.45, 2.75) is 6.36 Å². The number of pyridine rings is 1. The third kappa shape index (κ3) is 3.90. The Labute approximate surface area is 117 Å². The van der Waals surface area contributed by atoms with E-state index < -0.39 is 28.8 Å². The summed E-state index contributed by atoms with van der Waals surface area (Å²) in [5, 5.41) is 10.6. The summed E-state index contributed by atoms with van der Waals surface area (Å²) < 4.78 is 43.9. The van der Waals surface area contributed by atoms with Crippen molar-refractivity contribution in [2.24, 2.45) is 0 Å². The molecule has 0 saturated heterocycles. The van der Waals surface area contributed by atoms with Gasteiger partial charge in [0.25, 0.3) is 0 Å². The number of aromatic nitrogens is 1. The second kappa shape index (κ2) is 5.54. The Morgan fingerprint density at radius 1 is 1.53 bits per heavy atom. The number of ether oxygens (including phenoxy) is 2. The Morgan fingerprint density at radius 2 is 2.11 bits per heavy atom. The maximum atomic E-state index is 12.1. The summed E-state index contributed by atoms with van der Waals surface area (Å²) in [6.07, 6.45) is -5.15. The Bertz CT molecular complexity index is 534. The second-order valence-corrected chi connectivity index (χ2v) is 3.97. The number of esters is 1. The van der Waals surface area contributed by atoms with Gasteiger partial charge in [0.05, 0.1) is 7.11 Å². The zero-order valence-electron chi connectivity index (χ0n) is 9.02. The standard InChI is InChI=1S/C8H4F3IN2O5/c1-18-7(15)3-2-4(19-8(9,10)11)6(14(16)17)13-5(3)12/h2H,1H3. The lowest BCUT2D eigenvalue weighted by Gasteiger charge is -2.09. The van der Waals surface area contributed by atoms with E-state index in [0.29, 0.717) is 6.07 Å². The molecule has 0 bridgehead atoms. The normalized spacial score (nSPS) is 11.0. The number of nitrogens with zero attached hydrogens (tertiary/aromatic N) is 2. The smallest absolute Gasteiger partial charge is 0.465 e. The van der Waals surface area contributed by atoms with Gasteiger partial charge in [-0.1, -0.05) is 0 Å². The molecule has 0 aliphatic carbocycles. The van der Waals surface area contributed by atoms with Gasteiger partial charge in [-0.25, -0.2) is 4.79 Å². The highest BCUT2D eigenvalue weighted by Crippen LogP contribution is 2.32. The number of hydrogen-bond donors (Lipinski definition) is 0. The highest BCUT2D eigenvalue weighted by molar-refractivity contribution is 14.1. The molecule has 0 fully saturated rings. The monoisotopic (exact) mass is 392 g/mol. The SMILES string of the molecule is COC(=O)c1cc(OC(F)(F)F)c([N+](=O)[O-])nc1I. The lowest BCUT2D eigenvalue weighted by Crippen LogP contribution is -2.19. The van der Waals surface area contributed by atoms with E-state index in [9.17, 15) is 28.1 Å². The molecular formula is C8H4F3IN2O5. The first-order valence-corrected chi connectivity index (χ1v) is 5.42. The van der Waals surface area contributed by atoms with Crippen molar-refractivity contribution >= 4 is 34.4 Å². The number of halogens is 4. The average Bonchev–Trinajstić information content (AvgIpc) is 2.27. The van der Waals surface area contributed by atoms with E-state index in [0.717, 1.165) is 7.11 Å². The summed E-state index contributed by atoms with van der Waals surface area (Å²) in [7, 11) is 1.00. The van der Waals surface area contributed by atoms with Crippen LogP contribution in [0.1, 0.15) is 10.4 Å². The largest absolute Gasteiger partial charge is 0.573 e. The molecule has 11 heteroatoms. The van der Waals surface area contributed by atoms with E-state index in [1.54, 1.807) is 0 Å². The molecule has 0 spiro atoms. The molecule has 7 nitrogen and oxygen atoms in total. The number of nitro groups is 1. The minimum Gasteiger partial charge on any atom is -0.465 e. The van der Waals surface area contributed by atoms with Gasteiger partial charge in [0, 0.05) is 28.7 Å². The van der Waals surface area contributed by atoms with Crippen molar-refractivity contribution in [3.63, 3.8) is 0 Å². The summed E-state index contributed by atoms with van der Waals surface area (Å²) >= 11 is 1.46. The molecule has 0 atom stereocenters. The molecule has 1 rings (SSSR count). The maximum Gasteiger partial charge on any atom is 0.573 e. The number of methoxy groups -OCH3 is 1. The van der Waals surface area contributed by atoms with E-state index in [2.05, 4.69) is 14.5 Å². The van der Waals surface area contributed by atoms with E-state index >= 15 is 0 Å². The first-order valence-electron chi connectivity index (χ1n) is 4.34. The minimum atomic E-state index is -5.15. The van der Waals surface area contributed by atoms with Crippen LogP contribution in [0, 0.1) is 13.8 Å². The molecule has 104 valence electrons. The summed E-state index contributed by atoms with van der Waals surface area (Å²) in [6, 6.07) is 0.562. The maximum absolute atomic E-state index is 12.1. The second-order valence-electron chi connectivity index (χ2n) is 2.94. The Balaban J connectivity index is 3.39. The molecular weight excluding hydrogens is 388 g/mol.